The Kier molecular flexibility index (Phi) is 7.03. The lowest BCUT2D eigenvalue weighted by molar-refractivity contribution is -0.120. The average molecular weight is 337 g/mol. The summed E-state index contributed by atoms with van der Waals surface area (Å²) in [6.45, 7) is 5.38. The van der Waals surface area contributed by atoms with E-state index in [0.29, 0.717) is 5.56 Å². The third-order valence-corrected chi connectivity index (χ3v) is 2.63. The molecule has 0 aliphatic carbocycles. The predicted octanol–water partition coefficient (Wildman–Crippen LogP) is 0.763. The number of nitrogens with one attached hydrogen (secondary N) is 3. The third kappa shape index (κ3) is 8.02. The van der Waals surface area contributed by atoms with Crippen molar-refractivity contribution < 1.29 is 24.2 Å². The molecule has 0 spiro atoms. The molecule has 0 fully saturated rings. The summed E-state index contributed by atoms with van der Waals surface area (Å²) >= 11 is 0. The predicted molar refractivity (Wildman–Crippen MR) is 87.7 cm³/mol. The lowest BCUT2D eigenvalue weighted by atomic mass is 10.2. The van der Waals surface area contributed by atoms with E-state index in [1.807, 2.05) is 0 Å². The molecule has 0 saturated carbocycles. The Morgan fingerprint density at radius 3 is 2.38 bits per heavy atom. The van der Waals surface area contributed by atoms with Crippen molar-refractivity contribution in [3.63, 3.8) is 0 Å². The van der Waals surface area contributed by atoms with Gasteiger partial charge in [0, 0.05) is 18.7 Å². The molecule has 0 radical (unpaired) electrons. The van der Waals surface area contributed by atoms with E-state index in [9.17, 15) is 19.5 Å². The van der Waals surface area contributed by atoms with Gasteiger partial charge in [-0.3, -0.25) is 9.59 Å². The number of benzene rings is 1. The van der Waals surface area contributed by atoms with Crippen LogP contribution >= 0.6 is 0 Å². The molecule has 132 valence electrons. The van der Waals surface area contributed by atoms with Gasteiger partial charge in [0.2, 0.25) is 5.91 Å². The number of phenols is 1. The highest BCUT2D eigenvalue weighted by Crippen LogP contribution is 2.10. The van der Waals surface area contributed by atoms with E-state index in [-0.39, 0.29) is 31.3 Å². The van der Waals surface area contributed by atoms with Gasteiger partial charge in [-0.05, 0) is 39.0 Å². The van der Waals surface area contributed by atoms with Crippen LogP contribution in [0, 0.1) is 0 Å². The number of aromatic hydroxyl groups is 1. The molecule has 0 aromatic heterocycles. The van der Waals surface area contributed by atoms with Crippen LogP contribution < -0.4 is 16.0 Å². The summed E-state index contributed by atoms with van der Waals surface area (Å²) in [5.41, 5.74) is -0.301. The van der Waals surface area contributed by atoms with Gasteiger partial charge in [-0.25, -0.2) is 4.79 Å². The van der Waals surface area contributed by atoms with Gasteiger partial charge in [0.25, 0.3) is 5.91 Å². The average Bonchev–Trinajstić information content (AvgIpc) is 2.47. The summed E-state index contributed by atoms with van der Waals surface area (Å²) in [6, 6.07) is 5.94. The third-order valence-electron chi connectivity index (χ3n) is 2.63. The number of amides is 3. The first-order valence-corrected chi connectivity index (χ1v) is 7.48. The van der Waals surface area contributed by atoms with Crippen molar-refractivity contribution in [3.8, 4) is 5.75 Å². The lowest BCUT2D eigenvalue weighted by Crippen LogP contribution is -2.42. The smallest absolute Gasteiger partial charge is 0.408 e. The second kappa shape index (κ2) is 8.76. The maximum Gasteiger partial charge on any atom is 0.408 e. The molecule has 0 heterocycles. The molecule has 8 nitrogen and oxygen atoms in total. The first-order chi connectivity index (χ1) is 11.2. The quantitative estimate of drug-likeness (QED) is 0.572. The Labute approximate surface area is 140 Å². The van der Waals surface area contributed by atoms with E-state index in [0.717, 1.165) is 0 Å². The standard InChI is InChI=1S/C16H23N3O5/c1-16(2,3)24-15(23)19-10-13(21)17-7-8-18-14(22)11-5-4-6-12(20)9-11/h4-6,9,20H,7-8,10H2,1-3H3,(H,17,21)(H,18,22)(H,19,23). The van der Waals surface area contributed by atoms with Crippen molar-refractivity contribution in [2.45, 2.75) is 26.4 Å². The molecule has 3 amide bonds. The SMILES string of the molecule is CC(C)(C)OC(=O)NCC(=O)NCCNC(=O)c1cccc(O)c1. The van der Waals surface area contributed by atoms with E-state index < -0.39 is 17.6 Å². The van der Waals surface area contributed by atoms with Gasteiger partial charge < -0.3 is 25.8 Å². The van der Waals surface area contributed by atoms with Crippen molar-refractivity contribution >= 4 is 17.9 Å². The second-order valence-corrected chi connectivity index (χ2v) is 6.01. The first-order valence-electron chi connectivity index (χ1n) is 7.48. The molecule has 0 atom stereocenters. The Morgan fingerprint density at radius 2 is 1.75 bits per heavy atom. The first kappa shape index (κ1) is 19.3. The molecule has 0 aliphatic heterocycles. The number of rotatable bonds is 6. The Morgan fingerprint density at radius 1 is 1.08 bits per heavy atom. The molecule has 0 bridgehead atoms. The minimum atomic E-state index is -0.671. The van der Waals surface area contributed by atoms with Gasteiger partial charge >= 0.3 is 6.09 Å². The van der Waals surface area contributed by atoms with Gasteiger partial charge in [-0.2, -0.15) is 0 Å². The van der Waals surface area contributed by atoms with Crippen molar-refractivity contribution in [1.82, 2.24) is 16.0 Å². The maximum atomic E-state index is 11.8. The fourth-order valence-electron chi connectivity index (χ4n) is 1.66. The summed E-state index contributed by atoms with van der Waals surface area (Å²) in [5.74, 6) is -0.747. The molecule has 0 saturated heterocycles. The topological polar surface area (TPSA) is 117 Å². The number of alkyl carbamates (subject to hydrolysis) is 1. The van der Waals surface area contributed by atoms with Gasteiger partial charge in [-0.15, -0.1) is 0 Å². The zero-order valence-corrected chi connectivity index (χ0v) is 14.0. The number of ether oxygens (including phenoxy) is 1. The van der Waals surface area contributed by atoms with Crippen LogP contribution in [0.3, 0.4) is 0 Å². The number of carbonyl (C=O) groups excluding carboxylic acids is 3. The van der Waals surface area contributed by atoms with Crippen LogP contribution in [-0.4, -0.2) is 48.2 Å². The summed E-state index contributed by atoms with van der Waals surface area (Å²) in [7, 11) is 0. The highest BCUT2D eigenvalue weighted by Gasteiger charge is 2.16. The molecular formula is C16H23N3O5. The van der Waals surface area contributed by atoms with Gasteiger partial charge in [0.1, 0.15) is 11.4 Å². The highest BCUT2D eigenvalue weighted by molar-refractivity contribution is 5.94. The lowest BCUT2D eigenvalue weighted by Gasteiger charge is -2.19. The number of carbonyl (C=O) groups is 3. The number of hydrogen-bond acceptors (Lipinski definition) is 5. The summed E-state index contributed by atoms with van der Waals surface area (Å²) in [5, 5.41) is 16.8. The molecule has 0 unspecified atom stereocenters. The molecular weight excluding hydrogens is 314 g/mol. The zero-order chi connectivity index (χ0) is 18.2. The van der Waals surface area contributed by atoms with Crippen molar-refractivity contribution in [3.05, 3.63) is 29.8 Å². The van der Waals surface area contributed by atoms with E-state index in [1.165, 1.54) is 12.1 Å². The molecule has 1 aromatic carbocycles. The van der Waals surface area contributed by atoms with Crippen LogP contribution in [-0.2, 0) is 9.53 Å². The van der Waals surface area contributed by atoms with Crippen molar-refractivity contribution in [1.29, 1.82) is 0 Å². The van der Waals surface area contributed by atoms with Crippen molar-refractivity contribution in [2.75, 3.05) is 19.6 Å². The van der Waals surface area contributed by atoms with Crippen molar-refractivity contribution in [2.24, 2.45) is 0 Å². The molecule has 24 heavy (non-hydrogen) atoms. The Balaban J connectivity index is 2.19. The van der Waals surface area contributed by atoms with Crippen LogP contribution in [0.2, 0.25) is 0 Å². The molecule has 8 heteroatoms. The summed E-state index contributed by atoms with van der Waals surface area (Å²) in [6.07, 6.45) is -0.671. The number of hydrogen-bond donors (Lipinski definition) is 4. The summed E-state index contributed by atoms with van der Waals surface area (Å²) in [4.78, 5) is 34.7. The van der Waals surface area contributed by atoms with Crippen LogP contribution in [0.5, 0.6) is 5.75 Å². The van der Waals surface area contributed by atoms with Gasteiger partial charge in [0.15, 0.2) is 0 Å². The van der Waals surface area contributed by atoms with E-state index in [1.54, 1.807) is 32.9 Å². The normalized spacial score (nSPS) is 10.6. The zero-order valence-electron chi connectivity index (χ0n) is 14.0. The largest absolute Gasteiger partial charge is 0.508 e. The highest BCUT2D eigenvalue weighted by atomic mass is 16.6. The van der Waals surface area contributed by atoms with Gasteiger partial charge in [0.05, 0.1) is 6.54 Å². The fourth-order valence-corrected chi connectivity index (χ4v) is 1.66. The Hall–Kier alpha value is -2.77. The monoisotopic (exact) mass is 337 g/mol. The summed E-state index contributed by atoms with van der Waals surface area (Å²) < 4.78 is 5.00. The van der Waals surface area contributed by atoms with Crippen LogP contribution in [0.25, 0.3) is 0 Å². The maximum absolute atomic E-state index is 11.8. The van der Waals surface area contributed by atoms with Crippen LogP contribution in [0.1, 0.15) is 31.1 Å². The fraction of sp³-hybridized carbons (Fsp3) is 0.438. The molecule has 0 aliphatic rings. The number of phenolic OH excluding ortho intramolecular Hbond substituents is 1. The minimum Gasteiger partial charge on any atom is -0.508 e. The Bertz CT molecular complexity index is 596. The van der Waals surface area contributed by atoms with E-state index in [2.05, 4.69) is 16.0 Å². The van der Waals surface area contributed by atoms with Gasteiger partial charge in [-0.1, -0.05) is 6.07 Å². The van der Waals surface area contributed by atoms with E-state index >= 15 is 0 Å². The molecule has 1 aromatic rings. The van der Waals surface area contributed by atoms with E-state index in [4.69, 9.17) is 4.74 Å². The molecule has 1 rings (SSSR count). The second-order valence-electron chi connectivity index (χ2n) is 6.01. The minimum absolute atomic E-state index is 0.00386. The molecule has 4 N–H and O–H groups in total. The van der Waals surface area contributed by atoms with Crippen LogP contribution in [0.15, 0.2) is 24.3 Å². The van der Waals surface area contributed by atoms with Crippen LogP contribution in [0.4, 0.5) is 4.79 Å².